The molecule has 0 saturated carbocycles. The van der Waals surface area contributed by atoms with Crippen molar-refractivity contribution in [3.8, 4) is 0 Å². The molecule has 0 aliphatic carbocycles. The van der Waals surface area contributed by atoms with Crippen LogP contribution in [-0.2, 0) is 14.8 Å². The number of sulfonamides is 1. The van der Waals surface area contributed by atoms with Crippen LogP contribution in [0.1, 0.15) is 16.7 Å². The number of hydrogen-bond acceptors (Lipinski definition) is 5. The molecule has 0 bridgehead atoms. The molecule has 2 aromatic carbocycles. The van der Waals surface area contributed by atoms with Crippen LogP contribution in [0.5, 0.6) is 0 Å². The van der Waals surface area contributed by atoms with Crippen LogP contribution in [0.2, 0.25) is 0 Å². The summed E-state index contributed by atoms with van der Waals surface area (Å²) in [5.41, 5.74) is 4.58. The number of carbonyl (C=O) groups excluding carboxylic acids is 1. The van der Waals surface area contributed by atoms with E-state index < -0.39 is 15.9 Å². The Labute approximate surface area is 182 Å². The highest BCUT2D eigenvalue weighted by molar-refractivity contribution is 7.89. The molecule has 31 heavy (non-hydrogen) atoms. The molecule has 2 heterocycles. The summed E-state index contributed by atoms with van der Waals surface area (Å²) in [4.78, 5) is 19.0. The second kappa shape index (κ2) is 8.13. The Morgan fingerprint density at radius 1 is 1.03 bits per heavy atom. The van der Waals surface area contributed by atoms with Gasteiger partial charge in [-0.2, -0.15) is 4.31 Å². The number of anilines is 3. The number of fused-ring (bicyclic) bond motifs is 1. The summed E-state index contributed by atoms with van der Waals surface area (Å²) in [7, 11) is -3.87. The lowest BCUT2D eigenvalue weighted by Crippen LogP contribution is -2.47. The lowest BCUT2D eigenvalue weighted by atomic mass is 10.1. The molecular weight excluding hydrogens is 412 g/mol. The largest absolute Gasteiger partial charge is 0.325 e. The van der Waals surface area contributed by atoms with Gasteiger partial charge in [0.1, 0.15) is 4.90 Å². The number of rotatable bonds is 4. The van der Waals surface area contributed by atoms with E-state index in [1.807, 2.05) is 63.2 Å². The number of aromatic nitrogens is 1. The molecule has 1 aromatic heterocycles. The highest BCUT2D eigenvalue weighted by Crippen LogP contribution is 2.36. The molecule has 0 fully saturated rings. The van der Waals surface area contributed by atoms with Crippen molar-refractivity contribution in [1.82, 2.24) is 9.29 Å². The third kappa shape index (κ3) is 4.17. The number of carbonyl (C=O) groups is 1. The highest BCUT2D eigenvalue weighted by atomic mass is 32.2. The molecular formula is C23H24N4O3S. The van der Waals surface area contributed by atoms with Gasteiger partial charge in [0.05, 0.1) is 13.2 Å². The number of nitrogens with one attached hydrogen (secondary N) is 1. The van der Waals surface area contributed by atoms with Crippen molar-refractivity contribution < 1.29 is 13.2 Å². The van der Waals surface area contributed by atoms with E-state index in [1.165, 1.54) is 10.4 Å². The van der Waals surface area contributed by atoms with Gasteiger partial charge >= 0.3 is 0 Å². The van der Waals surface area contributed by atoms with Crippen molar-refractivity contribution in [3.05, 3.63) is 77.5 Å². The van der Waals surface area contributed by atoms with E-state index in [1.54, 1.807) is 17.2 Å². The number of nitrogens with zero attached hydrogens (tertiary/aromatic N) is 3. The maximum absolute atomic E-state index is 13.2. The molecule has 1 N–H and O–H groups in total. The Bertz CT molecular complexity index is 1240. The van der Waals surface area contributed by atoms with Gasteiger partial charge < -0.3 is 10.2 Å². The zero-order valence-corrected chi connectivity index (χ0v) is 18.5. The Morgan fingerprint density at radius 3 is 2.45 bits per heavy atom. The first kappa shape index (κ1) is 21.0. The Balaban J connectivity index is 1.64. The Kier molecular flexibility index (Phi) is 5.51. The second-order valence-corrected chi connectivity index (χ2v) is 9.62. The molecule has 160 valence electrons. The molecule has 0 spiro atoms. The van der Waals surface area contributed by atoms with Crippen LogP contribution in [0.4, 0.5) is 17.2 Å². The fourth-order valence-electron chi connectivity index (χ4n) is 3.59. The van der Waals surface area contributed by atoms with E-state index in [-0.39, 0.29) is 18.1 Å². The zero-order valence-electron chi connectivity index (χ0n) is 17.7. The first-order valence-corrected chi connectivity index (χ1v) is 11.4. The molecule has 1 aliphatic heterocycles. The summed E-state index contributed by atoms with van der Waals surface area (Å²) < 4.78 is 27.6. The first-order valence-electron chi connectivity index (χ1n) is 9.92. The van der Waals surface area contributed by atoms with Crippen molar-refractivity contribution in [2.24, 2.45) is 0 Å². The Hall–Kier alpha value is -3.23. The SMILES string of the molecule is Cc1ccc(N2CN(CC(=O)Nc3ccc(C)cc3C)S(=O)(=O)c3cccnc32)cc1. The molecule has 8 heteroatoms. The van der Waals surface area contributed by atoms with Crippen LogP contribution in [0, 0.1) is 20.8 Å². The van der Waals surface area contributed by atoms with Crippen LogP contribution in [-0.4, -0.2) is 36.8 Å². The van der Waals surface area contributed by atoms with Gasteiger partial charge in [0.15, 0.2) is 5.82 Å². The number of benzene rings is 2. The van der Waals surface area contributed by atoms with Crippen LogP contribution in [0.15, 0.2) is 65.7 Å². The Morgan fingerprint density at radius 2 is 1.74 bits per heavy atom. The maximum atomic E-state index is 13.2. The monoisotopic (exact) mass is 436 g/mol. The third-order valence-electron chi connectivity index (χ3n) is 5.25. The van der Waals surface area contributed by atoms with E-state index >= 15 is 0 Å². The van der Waals surface area contributed by atoms with Gasteiger partial charge in [-0.3, -0.25) is 4.79 Å². The van der Waals surface area contributed by atoms with Crippen molar-refractivity contribution in [1.29, 1.82) is 0 Å². The van der Waals surface area contributed by atoms with Gasteiger partial charge in [-0.1, -0.05) is 35.4 Å². The maximum Gasteiger partial charge on any atom is 0.248 e. The van der Waals surface area contributed by atoms with Crippen LogP contribution in [0.25, 0.3) is 0 Å². The molecule has 0 radical (unpaired) electrons. The van der Waals surface area contributed by atoms with Gasteiger partial charge in [0.25, 0.3) is 0 Å². The minimum absolute atomic E-state index is 0.00426. The molecule has 1 aliphatic rings. The topological polar surface area (TPSA) is 82.6 Å². The number of hydrogen-bond donors (Lipinski definition) is 1. The second-order valence-electron chi connectivity index (χ2n) is 7.71. The molecule has 0 saturated heterocycles. The lowest BCUT2D eigenvalue weighted by Gasteiger charge is -2.36. The van der Waals surface area contributed by atoms with Gasteiger partial charge in [-0.15, -0.1) is 0 Å². The number of amides is 1. The van der Waals surface area contributed by atoms with E-state index in [4.69, 9.17) is 0 Å². The van der Waals surface area contributed by atoms with E-state index in [2.05, 4.69) is 10.3 Å². The summed E-state index contributed by atoms with van der Waals surface area (Å²) in [6.07, 6.45) is 1.57. The minimum Gasteiger partial charge on any atom is -0.325 e. The average Bonchev–Trinajstić information content (AvgIpc) is 2.73. The van der Waals surface area contributed by atoms with Crippen molar-refractivity contribution >= 4 is 33.1 Å². The molecule has 3 aromatic rings. The third-order valence-corrected chi connectivity index (χ3v) is 7.04. The number of pyridine rings is 1. The fourth-order valence-corrected chi connectivity index (χ4v) is 5.07. The fraction of sp³-hybridized carbons (Fsp3) is 0.217. The van der Waals surface area contributed by atoms with Gasteiger partial charge in [-0.05, 0) is 56.7 Å². The molecule has 0 atom stereocenters. The van der Waals surface area contributed by atoms with Crippen LogP contribution in [0.3, 0.4) is 0 Å². The first-order chi connectivity index (χ1) is 14.8. The normalized spacial score (nSPS) is 15.4. The van der Waals surface area contributed by atoms with Crippen LogP contribution >= 0.6 is 0 Å². The van der Waals surface area contributed by atoms with Crippen molar-refractivity contribution in [2.75, 3.05) is 23.4 Å². The molecule has 4 rings (SSSR count). The molecule has 0 unspecified atom stereocenters. The van der Waals surface area contributed by atoms with Crippen LogP contribution < -0.4 is 10.2 Å². The lowest BCUT2D eigenvalue weighted by molar-refractivity contribution is -0.116. The van der Waals surface area contributed by atoms with Gasteiger partial charge in [0.2, 0.25) is 15.9 Å². The summed E-state index contributed by atoms with van der Waals surface area (Å²) in [5.74, 6) is -0.0379. The van der Waals surface area contributed by atoms with E-state index in [0.29, 0.717) is 11.5 Å². The van der Waals surface area contributed by atoms with Crippen molar-refractivity contribution in [2.45, 2.75) is 25.7 Å². The smallest absolute Gasteiger partial charge is 0.248 e. The minimum atomic E-state index is -3.87. The highest BCUT2D eigenvalue weighted by Gasteiger charge is 2.38. The van der Waals surface area contributed by atoms with Gasteiger partial charge in [-0.25, -0.2) is 13.4 Å². The number of aryl methyl sites for hydroxylation is 3. The zero-order chi connectivity index (χ0) is 22.2. The average molecular weight is 437 g/mol. The van der Waals surface area contributed by atoms with Crippen molar-refractivity contribution in [3.63, 3.8) is 0 Å². The van der Waals surface area contributed by atoms with E-state index in [9.17, 15) is 13.2 Å². The van der Waals surface area contributed by atoms with Gasteiger partial charge in [0, 0.05) is 17.6 Å². The summed E-state index contributed by atoms with van der Waals surface area (Å²) in [6.45, 7) is 5.56. The summed E-state index contributed by atoms with van der Waals surface area (Å²) in [5, 5.41) is 2.83. The summed E-state index contributed by atoms with van der Waals surface area (Å²) >= 11 is 0. The predicted octanol–water partition coefficient (Wildman–Crippen LogP) is 3.75. The summed E-state index contributed by atoms with van der Waals surface area (Å²) in [6, 6.07) is 16.5. The predicted molar refractivity (Wildman–Crippen MR) is 121 cm³/mol. The standard InChI is InChI=1S/C23H24N4O3S/c1-16-6-9-19(10-7-16)27-15-26(31(29,30)21-5-4-12-24-23(21)27)14-22(28)25-20-11-8-17(2)13-18(20)3/h4-13H,14-15H2,1-3H3,(H,25,28). The molecule has 1 amide bonds. The quantitative estimate of drug-likeness (QED) is 0.674. The van der Waals surface area contributed by atoms with E-state index in [0.717, 1.165) is 22.4 Å². The molecule has 7 nitrogen and oxygen atoms in total.